The summed E-state index contributed by atoms with van der Waals surface area (Å²) in [6.07, 6.45) is 1.23. The lowest BCUT2D eigenvalue weighted by Crippen LogP contribution is -2.25. The molecule has 90 valence electrons. The SMILES string of the molecule is N#CC1(C(=O)c2ccc3c(c2)NC(=O)CO3)CC1. The number of rotatable bonds is 2. The average Bonchev–Trinajstić information content (AvgIpc) is 3.18. The smallest absolute Gasteiger partial charge is 0.262 e. The summed E-state index contributed by atoms with van der Waals surface area (Å²) in [4.78, 5) is 23.4. The van der Waals surface area contributed by atoms with Crippen molar-refractivity contribution in [1.29, 1.82) is 5.26 Å². The van der Waals surface area contributed by atoms with E-state index in [2.05, 4.69) is 11.4 Å². The first-order valence-corrected chi connectivity index (χ1v) is 5.67. The van der Waals surface area contributed by atoms with Gasteiger partial charge in [0.05, 0.1) is 11.8 Å². The van der Waals surface area contributed by atoms with Gasteiger partial charge in [0, 0.05) is 5.56 Å². The summed E-state index contributed by atoms with van der Waals surface area (Å²) in [5, 5.41) is 11.6. The molecule has 0 bridgehead atoms. The normalized spacial score (nSPS) is 18.9. The molecule has 0 spiro atoms. The van der Waals surface area contributed by atoms with Gasteiger partial charge in [0.25, 0.3) is 5.91 Å². The largest absolute Gasteiger partial charge is 0.482 e. The van der Waals surface area contributed by atoms with Crippen molar-refractivity contribution in [2.75, 3.05) is 11.9 Å². The second-order valence-electron chi connectivity index (χ2n) is 4.57. The van der Waals surface area contributed by atoms with Crippen molar-refractivity contribution in [3.63, 3.8) is 0 Å². The Bertz CT molecular complexity index is 597. The quantitative estimate of drug-likeness (QED) is 0.797. The first-order valence-electron chi connectivity index (χ1n) is 5.67. The number of anilines is 1. The lowest BCUT2D eigenvalue weighted by Gasteiger charge is -2.18. The van der Waals surface area contributed by atoms with Crippen molar-refractivity contribution in [2.45, 2.75) is 12.8 Å². The van der Waals surface area contributed by atoms with Crippen LogP contribution in [-0.4, -0.2) is 18.3 Å². The third-order valence-corrected chi connectivity index (χ3v) is 3.27. The van der Waals surface area contributed by atoms with Crippen LogP contribution in [-0.2, 0) is 4.79 Å². The maximum absolute atomic E-state index is 12.2. The molecule has 1 amide bonds. The Hall–Kier alpha value is -2.35. The number of ether oxygens (including phenoxy) is 1. The fraction of sp³-hybridized carbons (Fsp3) is 0.308. The number of benzene rings is 1. The Labute approximate surface area is 103 Å². The van der Waals surface area contributed by atoms with E-state index < -0.39 is 5.41 Å². The van der Waals surface area contributed by atoms with Gasteiger partial charge in [0.15, 0.2) is 12.4 Å². The van der Waals surface area contributed by atoms with Crippen LogP contribution in [0.15, 0.2) is 18.2 Å². The van der Waals surface area contributed by atoms with Crippen LogP contribution >= 0.6 is 0 Å². The van der Waals surface area contributed by atoms with Gasteiger partial charge in [-0.2, -0.15) is 5.26 Å². The number of hydrogen-bond donors (Lipinski definition) is 1. The van der Waals surface area contributed by atoms with E-state index in [9.17, 15) is 9.59 Å². The molecule has 0 radical (unpaired) electrons. The molecular formula is C13H10N2O3. The maximum Gasteiger partial charge on any atom is 0.262 e. The number of Topliss-reactive ketones (excluding diaryl/α,β-unsaturated/α-hetero) is 1. The van der Waals surface area contributed by atoms with E-state index >= 15 is 0 Å². The van der Waals surface area contributed by atoms with E-state index in [1.807, 2.05) is 0 Å². The van der Waals surface area contributed by atoms with Gasteiger partial charge in [-0.3, -0.25) is 9.59 Å². The number of nitriles is 1. The summed E-state index contributed by atoms with van der Waals surface area (Å²) in [5.41, 5.74) is 0.0952. The number of amides is 1. The van der Waals surface area contributed by atoms with Crippen molar-refractivity contribution < 1.29 is 14.3 Å². The lowest BCUT2D eigenvalue weighted by molar-refractivity contribution is -0.118. The number of fused-ring (bicyclic) bond motifs is 1. The highest BCUT2D eigenvalue weighted by Gasteiger charge is 2.50. The summed E-state index contributed by atoms with van der Waals surface area (Å²) in [6.45, 7) is -0.0115. The van der Waals surface area contributed by atoms with E-state index in [0.717, 1.165) is 0 Å². The summed E-state index contributed by atoms with van der Waals surface area (Å²) in [6, 6.07) is 6.93. The summed E-state index contributed by atoms with van der Waals surface area (Å²) < 4.78 is 5.21. The van der Waals surface area contributed by atoms with Gasteiger partial charge >= 0.3 is 0 Å². The molecule has 5 nitrogen and oxygen atoms in total. The van der Waals surface area contributed by atoms with Crippen LogP contribution in [0.1, 0.15) is 23.2 Å². The van der Waals surface area contributed by atoms with Crippen LogP contribution in [0.2, 0.25) is 0 Å². The molecule has 1 heterocycles. The fourth-order valence-corrected chi connectivity index (χ4v) is 2.02. The molecule has 0 unspecified atom stereocenters. The molecule has 5 heteroatoms. The zero-order valence-electron chi connectivity index (χ0n) is 9.53. The molecule has 18 heavy (non-hydrogen) atoms. The Morgan fingerprint density at radius 1 is 1.44 bits per heavy atom. The molecule has 0 aromatic heterocycles. The molecule has 3 rings (SSSR count). The maximum atomic E-state index is 12.2. The van der Waals surface area contributed by atoms with Crippen molar-refractivity contribution in [1.82, 2.24) is 0 Å². The molecule has 1 aromatic rings. The van der Waals surface area contributed by atoms with Gasteiger partial charge in [-0.1, -0.05) is 0 Å². The molecule has 1 aliphatic carbocycles. The predicted molar refractivity (Wildman–Crippen MR) is 62.2 cm³/mol. The molecule has 0 saturated heterocycles. The highest BCUT2D eigenvalue weighted by molar-refractivity contribution is 6.06. The molecule has 1 fully saturated rings. The zero-order chi connectivity index (χ0) is 12.8. The fourth-order valence-electron chi connectivity index (χ4n) is 2.02. The zero-order valence-corrected chi connectivity index (χ0v) is 9.53. The standard InChI is InChI=1S/C13H10N2O3/c14-7-13(3-4-13)12(17)8-1-2-10-9(5-8)15-11(16)6-18-10/h1-2,5H,3-4,6H2,(H,15,16). The molecule has 1 N–H and O–H groups in total. The number of carbonyl (C=O) groups is 2. The van der Waals surface area contributed by atoms with Gasteiger partial charge in [-0.05, 0) is 31.0 Å². The second kappa shape index (κ2) is 3.57. The number of hydrogen-bond acceptors (Lipinski definition) is 4. The van der Waals surface area contributed by atoms with Gasteiger partial charge in [-0.15, -0.1) is 0 Å². The topological polar surface area (TPSA) is 79.2 Å². The van der Waals surface area contributed by atoms with Crippen molar-refractivity contribution in [3.05, 3.63) is 23.8 Å². The van der Waals surface area contributed by atoms with Crippen LogP contribution in [0, 0.1) is 16.7 Å². The highest BCUT2D eigenvalue weighted by Crippen LogP contribution is 2.48. The van der Waals surface area contributed by atoms with Crippen LogP contribution in [0.3, 0.4) is 0 Å². The highest BCUT2D eigenvalue weighted by atomic mass is 16.5. The van der Waals surface area contributed by atoms with Crippen LogP contribution in [0.25, 0.3) is 0 Å². The van der Waals surface area contributed by atoms with Crippen LogP contribution < -0.4 is 10.1 Å². The van der Waals surface area contributed by atoms with Crippen molar-refractivity contribution in [2.24, 2.45) is 5.41 Å². The minimum Gasteiger partial charge on any atom is -0.482 e. The van der Waals surface area contributed by atoms with Crippen molar-refractivity contribution >= 4 is 17.4 Å². The monoisotopic (exact) mass is 242 g/mol. The molecule has 1 aliphatic heterocycles. The summed E-state index contributed by atoms with van der Waals surface area (Å²) in [7, 11) is 0. The van der Waals surface area contributed by atoms with E-state index in [4.69, 9.17) is 10.00 Å². The summed E-state index contributed by atoms with van der Waals surface area (Å²) >= 11 is 0. The van der Waals surface area contributed by atoms with Crippen LogP contribution in [0.5, 0.6) is 5.75 Å². The Morgan fingerprint density at radius 3 is 2.89 bits per heavy atom. The number of carbonyl (C=O) groups excluding carboxylic acids is 2. The van der Waals surface area contributed by atoms with E-state index in [0.29, 0.717) is 29.8 Å². The molecule has 0 atom stereocenters. The van der Waals surface area contributed by atoms with Gasteiger partial charge in [0.1, 0.15) is 11.2 Å². The first-order chi connectivity index (χ1) is 8.64. The Balaban J connectivity index is 1.96. The van der Waals surface area contributed by atoms with Gasteiger partial charge < -0.3 is 10.1 Å². The van der Waals surface area contributed by atoms with E-state index in [-0.39, 0.29) is 18.3 Å². The number of ketones is 1. The van der Waals surface area contributed by atoms with Crippen molar-refractivity contribution in [3.8, 4) is 11.8 Å². The minimum absolute atomic E-state index is 0.0115. The predicted octanol–water partition coefficient (Wildman–Crippen LogP) is 1.50. The third kappa shape index (κ3) is 1.54. The molecular weight excluding hydrogens is 232 g/mol. The van der Waals surface area contributed by atoms with E-state index in [1.165, 1.54) is 0 Å². The first kappa shape index (κ1) is 10.8. The molecule has 1 saturated carbocycles. The Kier molecular flexibility index (Phi) is 2.14. The third-order valence-electron chi connectivity index (χ3n) is 3.27. The summed E-state index contributed by atoms with van der Waals surface area (Å²) in [5.74, 6) is 0.133. The number of nitrogens with zero attached hydrogens (tertiary/aromatic N) is 1. The molecule has 2 aliphatic rings. The number of nitrogens with one attached hydrogen (secondary N) is 1. The second-order valence-corrected chi connectivity index (χ2v) is 4.57. The minimum atomic E-state index is -0.840. The van der Waals surface area contributed by atoms with Gasteiger partial charge in [-0.25, -0.2) is 0 Å². The van der Waals surface area contributed by atoms with Crippen LogP contribution in [0.4, 0.5) is 5.69 Å². The average molecular weight is 242 g/mol. The van der Waals surface area contributed by atoms with E-state index in [1.54, 1.807) is 18.2 Å². The molecule has 1 aromatic carbocycles. The lowest BCUT2D eigenvalue weighted by atomic mass is 9.95. The Morgan fingerprint density at radius 2 is 2.22 bits per heavy atom. The van der Waals surface area contributed by atoms with Gasteiger partial charge in [0.2, 0.25) is 0 Å².